The van der Waals surface area contributed by atoms with Crippen LogP contribution >= 0.6 is 0 Å². The molecule has 0 saturated heterocycles. The molecule has 4 rings (SSSR count). The maximum Gasteiger partial charge on any atom is 0.0781 e. The van der Waals surface area contributed by atoms with Crippen LogP contribution in [0.2, 0.25) is 0 Å². The topological polar surface area (TPSA) is 32.6 Å². The molecule has 0 spiro atoms. The van der Waals surface area contributed by atoms with Gasteiger partial charge >= 0.3 is 0 Å². The van der Waals surface area contributed by atoms with Crippen molar-refractivity contribution in [1.82, 2.24) is 4.57 Å². The Balaban J connectivity index is 2.13. The fourth-order valence-electron chi connectivity index (χ4n) is 3.48. The first-order valence-corrected chi connectivity index (χ1v) is 8.42. The lowest BCUT2D eigenvalue weighted by Gasteiger charge is -2.12. The minimum absolute atomic E-state index is 0.891. The minimum atomic E-state index is 0.891. The van der Waals surface area contributed by atoms with Crippen molar-refractivity contribution in [1.29, 1.82) is 0 Å². The second-order valence-electron chi connectivity index (χ2n) is 5.98. The fourth-order valence-corrected chi connectivity index (χ4v) is 3.48. The Bertz CT molecular complexity index is 953. The van der Waals surface area contributed by atoms with E-state index in [2.05, 4.69) is 95.2 Å². The normalized spacial score (nSPS) is 11.0. The maximum absolute atomic E-state index is 4.10. The predicted octanol–water partition coefficient (Wildman–Crippen LogP) is 4.08. The van der Waals surface area contributed by atoms with E-state index in [9.17, 15) is 0 Å². The van der Waals surface area contributed by atoms with Crippen molar-refractivity contribution in [2.45, 2.75) is 6.42 Å². The highest BCUT2D eigenvalue weighted by molar-refractivity contribution is 5.93. The number of fused-ring (bicyclic) bond motifs is 1. The summed E-state index contributed by atoms with van der Waals surface area (Å²) in [6, 6.07) is 30.0. The molecule has 0 amide bonds. The Morgan fingerprint density at radius 2 is 1.33 bits per heavy atom. The third-order valence-electron chi connectivity index (χ3n) is 4.47. The number of rotatable bonds is 4. The van der Waals surface area contributed by atoms with Crippen LogP contribution in [-0.2, 0) is 6.42 Å². The highest BCUT2D eigenvalue weighted by atomic mass is 15.0. The van der Waals surface area contributed by atoms with Crippen LogP contribution in [0, 0.1) is 0 Å². The molecule has 0 saturated carbocycles. The van der Waals surface area contributed by atoms with Gasteiger partial charge < -0.3 is 10.3 Å². The van der Waals surface area contributed by atoms with Gasteiger partial charge in [-0.1, -0.05) is 66.7 Å². The summed E-state index contributed by atoms with van der Waals surface area (Å²) < 4.78 is 2.38. The van der Waals surface area contributed by atoms with Crippen molar-refractivity contribution in [2.24, 2.45) is 0 Å². The quantitative estimate of drug-likeness (QED) is 0.589. The predicted molar refractivity (Wildman–Crippen MR) is 100 cm³/mol. The van der Waals surface area contributed by atoms with Crippen LogP contribution in [0.5, 0.6) is 0 Å². The van der Waals surface area contributed by atoms with Gasteiger partial charge in [-0.2, -0.15) is 0 Å². The largest absolute Gasteiger partial charge is 0.357 e. The number of hydrogen-bond donors (Lipinski definition) is 1. The second kappa shape index (κ2) is 6.34. The summed E-state index contributed by atoms with van der Waals surface area (Å²) in [5, 5.41) is 1.32. The lowest BCUT2D eigenvalue weighted by Crippen LogP contribution is -2.51. The van der Waals surface area contributed by atoms with Gasteiger partial charge in [0.15, 0.2) is 0 Å². The van der Waals surface area contributed by atoms with Crippen LogP contribution < -0.4 is 5.73 Å². The van der Waals surface area contributed by atoms with Crippen LogP contribution in [0.3, 0.4) is 0 Å². The lowest BCUT2D eigenvalue weighted by molar-refractivity contribution is -0.366. The zero-order chi connectivity index (χ0) is 16.4. The van der Waals surface area contributed by atoms with E-state index in [1.165, 1.54) is 33.4 Å². The molecule has 4 aromatic rings. The van der Waals surface area contributed by atoms with Crippen molar-refractivity contribution in [3.8, 4) is 16.9 Å². The van der Waals surface area contributed by atoms with Gasteiger partial charge in [0.2, 0.25) is 0 Å². The molecule has 3 aromatic carbocycles. The Kier molecular flexibility index (Phi) is 3.89. The summed E-state index contributed by atoms with van der Waals surface area (Å²) in [5.74, 6) is 0. The van der Waals surface area contributed by atoms with Gasteiger partial charge in [-0.25, -0.2) is 0 Å². The Hall–Kier alpha value is -2.84. The van der Waals surface area contributed by atoms with Crippen molar-refractivity contribution >= 4 is 10.9 Å². The number of benzene rings is 3. The number of para-hydroxylation sites is 2. The van der Waals surface area contributed by atoms with E-state index in [0.717, 1.165) is 13.0 Å². The molecular formula is C22H21N2+. The summed E-state index contributed by atoms with van der Waals surface area (Å²) in [6.45, 7) is 0.891. The Morgan fingerprint density at radius 3 is 2.04 bits per heavy atom. The molecule has 0 aliphatic heterocycles. The molecule has 118 valence electrons. The number of hydrogen-bond acceptors (Lipinski definition) is 0. The van der Waals surface area contributed by atoms with Crippen molar-refractivity contribution in [2.75, 3.05) is 6.54 Å². The van der Waals surface area contributed by atoms with E-state index in [-0.39, 0.29) is 0 Å². The van der Waals surface area contributed by atoms with E-state index in [4.69, 9.17) is 0 Å². The van der Waals surface area contributed by atoms with E-state index >= 15 is 0 Å². The smallest absolute Gasteiger partial charge is 0.0781 e. The number of aromatic nitrogens is 1. The lowest BCUT2D eigenvalue weighted by atomic mass is 10.0. The van der Waals surface area contributed by atoms with Crippen LogP contribution in [-0.4, -0.2) is 11.1 Å². The summed E-state index contributed by atoms with van der Waals surface area (Å²) >= 11 is 0. The highest BCUT2D eigenvalue weighted by Crippen LogP contribution is 2.36. The van der Waals surface area contributed by atoms with Gasteiger partial charge in [0.1, 0.15) is 0 Å². The molecule has 0 bridgehead atoms. The second-order valence-corrected chi connectivity index (χ2v) is 5.98. The molecule has 1 aromatic heterocycles. The SMILES string of the molecule is [NH3+]CCc1c(-c2ccccc2)n(-c2ccccc2)c2ccccc12. The molecule has 2 nitrogen and oxygen atoms in total. The monoisotopic (exact) mass is 313 g/mol. The Labute approximate surface area is 142 Å². The van der Waals surface area contributed by atoms with E-state index in [0.29, 0.717) is 0 Å². The molecule has 24 heavy (non-hydrogen) atoms. The number of nitrogens with zero attached hydrogens (tertiary/aromatic N) is 1. The van der Waals surface area contributed by atoms with Crippen molar-refractivity contribution < 1.29 is 5.73 Å². The molecule has 0 fully saturated rings. The zero-order valence-corrected chi connectivity index (χ0v) is 13.7. The average Bonchev–Trinajstić information content (AvgIpc) is 2.98. The summed E-state index contributed by atoms with van der Waals surface area (Å²) in [7, 11) is 0. The van der Waals surface area contributed by atoms with Gasteiger partial charge in [-0.05, 0) is 29.3 Å². The van der Waals surface area contributed by atoms with Gasteiger partial charge in [0.05, 0.1) is 17.8 Å². The van der Waals surface area contributed by atoms with E-state index in [1.54, 1.807) is 0 Å². The summed E-state index contributed by atoms with van der Waals surface area (Å²) in [4.78, 5) is 0. The minimum Gasteiger partial charge on any atom is -0.357 e. The molecule has 0 aliphatic rings. The summed E-state index contributed by atoms with van der Waals surface area (Å²) in [6.07, 6.45) is 0.977. The van der Waals surface area contributed by atoms with Crippen LogP contribution in [0.1, 0.15) is 5.56 Å². The van der Waals surface area contributed by atoms with Crippen molar-refractivity contribution in [3.63, 3.8) is 0 Å². The molecule has 3 N–H and O–H groups in total. The first-order chi connectivity index (χ1) is 11.9. The summed E-state index contributed by atoms with van der Waals surface area (Å²) in [5.41, 5.74) is 10.5. The van der Waals surface area contributed by atoms with Crippen LogP contribution in [0.25, 0.3) is 27.8 Å². The zero-order valence-electron chi connectivity index (χ0n) is 13.7. The maximum atomic E-state index is 4.10. The Morgan fingerprint density at radius 1 is 0.708 bits per heavy atom. The number of quaternary nitrogens is 1. The molecule has 0 atom stereocenters. The molecule has 2 heteroatoms. The first kappa shape index (κ1) is 14.7. The molecular weight excluding hydrogens is 292 g/mol. The molecule has 0 aliphatic carbocycles. The standard InChI is InChI=1S/C22H20N2/c23-16-15-20-19-13-7-8-14-21(19)24(18-11-5-2-6-12-18)22(20)17-9-3-1-4-10-17/h1-14H,15-16,23H2/p+1. The third kappa shape index (κ3) is 2.41. The fraction of sp³-hybridized carbons (Fsp3) is 0.0909. The highest BCUT2D eigenvalue weighted by Gasteiger charge is 2.19. The van der Waals surface area contributed by atoms with Gasteiger partial charge in [0, 0.05) is 17.5 Å². The van der Waals surface area contributed by atoms with Gasteiger partial charge in [0.25, 0.3) is 0 Å². The van der Waals surface area contributed by atoms with E-state index < -0.39 is 0 Å². The first-order valence-electron chi connectivity index (χ1n) is 8.42. The molecule has 1 heterocycles. The third-order valence-corrected chi connectivity index (χ3v) is 4.47. The average molecular weight is 313 g/mol. The van der Waals surface area contributed by atoms with Crippen LogP contribution in [0.4, 0.5) is 0 Å². The molecule has 0 radical (unpaired) electrons. The molecule has 0 unspecified atom stereocenters. The van der Waals surface area contributed by atoms with E-state index in [1.807, 2.05) is 0 Å². The van der Waals surface area contributed by atoms with Crippen molar-refractivity contribution in [3.05, 3.63) is 90.5 Å². The van der Waals surface area contributed by atoms with Crippen LogP contribution in [0.15, 0.2) is 84.9 Å². The van der Waals surface area contributed by atoms with Gasteiger partial charge in [-0.15, -0.1) is 0 Å². The van der Waals surface area contributed by atoms with Gasteiger partial charge in [-0.3, -0.25) is 0 Å².